The zero-order valence-corrected chi connectivity index (χ0v) is 19.6. The average Bonchev–Trinajstić information content (AvgIpc) is 2.55. The van der Waals surface area contributed by atoms with Gasteiger partial charge in [-0.3, -0.25) is 0 Å². The van der Waals surface area contributed by atoms with E-state index in [-0.39, 0.29) is 19.5 Å². The second kappa shape index (κ2) is 21.2. The molecule has 0 rings (SSSR count). The standard InChI is InChI=1S/2C9H19NO2.Zn/c2*1-3-5-6-8(4-2)7-10-9(11)12;/h2*8,10H,3-7H2,1-2H3,(H,11,12);. The van der Waals surface area contributed by atoms with Crippen molar-refractivity contribution in [3.8, 4) is 0 Å². The first-order valence-corrected chi connectivity index (χ1v) is 9.34. The molecule has 0 aliphatic carbocycles. The number of amides is 2. The topological polar surface area (TPSA) is 98.7 Å². The summed E-state index contributed by atoms with van der Waals surface area (Å²) in [6, 6.07) is 0. The second-order valence-electron chi connectivity index (χ2n) is 6.21. The van der Waals surface area contributed by atoms with Crippen LogP contribution in [0.1, 0.15) is 79.1 Å². The van der Waals surface area contributed by atoms with Gasteiger partial charge in [-0.15, -0.1) is 0 Å². The minimum atomic E-state index is -0.912. The third kappa shape index (κ3) is 23.2. The van der Waals surface area contributed by atoms with Gasteiger partial charge in [0, 0.05) is 32.6 Å². The summed E-state index contributed by atoms with van der Waals surface area (Å²) in [4.78, 5) is 20.4. The van der Waals surface area contributed by atoms with E-state index in [1.165, 1.54) is 25.7 Å². The molecule has 0 fully saturated rings. The summed E-state index contributed by atoms with van der Waals surface area (Å²) >= 11 is 0. The molecule has 25 heavy (non-hydrogen) atoms. The van der Waals surface area contributed by atoms with Crippen LogP contribution in [0.25, 0.3) is 0 Å². The van der Waals surface area contributed by atoms with Crippen LogP contribution in [0.2, 0.25) is 0 Å². The molecule has 4 N–H and O–H groups in total. The van der Waals surface area contributed by atoms with Gasteiger partial charge in [0.1, 0.15) is 0 Å². The van der Waals surface area contributed by atoms with Gasteiger partial charge in [0.15, 0.2) is 0 Å². The summed E-state index contributed by atoms with van der Waals surface area (Å²) in [5.41, 5.74) is 0. The number of rotatable bonds is 12. The third-order valence-corrected chi connectivity index (χ3v) is 4.17. The van der Waals surface area contributed by atoms with Crippen LogP contribution >= 0.6 is 0 Å². The molecule has 0 aliphatic heterocycles. The molecule has 0 aromatic heterocycles. The largest absolute Gasteiger partial charge is 0.465 e. The van der Waals surface area contributed by atoms with Crippen molar-refractivity contribution in [2.45, 2.75) is 79.1 Å². The van der Waals surface area contributed by atoms with Gasteiger partial charge in [-0.1, -0.05) is 66.2 Å². The van der Waals surface area contributed by atoms with Gasteiger partial charge in [-0.2, -0.15) is 0 Å². The number of hydrogen-bond donors (Lipinski definition) is 4. The summed E-state index contributed by atoms with van der Waals surface area (Å²) in [6.07, 6.45) is 7.31. The Morgan fingerprint density at radius 1 is 0.760 bits per heavy atom. The van der Waals surface area contributed by atoms with Gasteiger partial charge in [0.05, 0.1) is 0 Å². The fraction of sp³-hybridized carbons (Fsp3) is 0.889. The molecule has 7 heteroatoms. The van der Waals surface area contributed by atoms with Crippen molar-refractivity contribution < 1.29 is 39.3 Å². The molecule has 0 radical (unpaired) electrons. The Labute approximate surface area is 166 Å². The van der Waals surface area contributed by atoms with Crippen LogP contribution in [-0.2, 0) is 19.5 Å². The van der Waals surface area contributed by atoms with Gasteiger partial charge < -0.3 is 20.8 Å². The van der Waals surface area contributed by atoms with Crippen molar-refractivity contribution in [1.29, 1.82) is 0 Å². The molecular weight excluding hydrogens is 374 g/mol. The summed E-state index contributed by atoms with van der Waals surface area (Å²) in [7, 11) is 0. The van der Waals surface area contributed by atoms with Crippen molar-refractivity contribution >= 4 is 12.2 Å². The summed E-state index contributed by atoms with van der Waals surface area (Å²) < 4.78 is 0. The normalized spacial score (nSPS) is 12.0. The molecule has 0 aromatic carbocycles. The Morgan fingerprint density at radius 2 is 1.08 bits per heavy atom. The molecule has 0 saturated carbocycles. The van der Waals surface area contributed by atoms with Crippen LogP contribution in [0.4, 0.5) is 9.59 Å². The van der Waals surface area contributed by atoms with E-state index in [9.17, 15) is 9.59 Å². The van der Waals surface area contributed by atoms with Crippen molar-refractivity contribution in [3.63, 3.8) is 0 Å². The monoisotopic (exact) mass is 410 g/mol. The van der Waals surface area contributed by atoms with Crippen molar-refractivity contribution in [2.75, 3.05) is 13.1 Å². The molecule has 146 valence electrons. The molecule has 0 spiro atoms. The second-order valence-corrected chi connectivity index (χ2v) is 6.21. The number of carbonyl (C=O) groups is 2. The van der Waals surface area contributed by atoms with E-state index in [4.69, 9.17) is 10.2 Å². The van der Waals surface area contributed by atoms with Crippen LogP contribution in [0.3, 0.4) is 0 Å². The van der Waals surface area contributed by atoms with Crippen molar-refractivity contribution in [2.24, 2.45) is 11.8 Å². The van der Waals surface area contributed by atoms with Gasteiger partial charge in [0.25, 0.3) is 0 Å². The molecule has 2 amide bonds. The first-order valence-electron chi connectivity index (χ1n) is 9.34. The maximum Gasteiger partial charge on any atom is 0.404 e. The number of nitrogens with one attached hydrogen (secondary N) is 2. The Morgan fingerprint density at radius 3 is 1.28 bits per heavy atom. The van der Waals surface area contributed by atoms with Crippen LogP contribution in [0, 0.1) is 11.8 Å². The Balaban J connectivity index is -0.000000372. The molecule has 0 saturated heterocycles. The fourth-order valence-corrected chi connectivity index (χ4v) is 2.35. The molecule has 0 aliphatic rings. The molecular formula is C18H38N2O4Zn. The maximum atomic E-state index is 10.2. The van der Waals surface area contributed by atoms with Gasteiger partial charge >= 0.3 is 12.2 Å². The first-order chi connectivity index (χ1) is 11.4. The Bertz CT molecular complexity index is 287. The van der Waals surface area contributed by atoms with Gasteiger partial charge in [0.2, 0.25) is 0 Å². The molecule has 0 bridgehead atoms. The Kier molecular flexibility index (Phi) is 24.6. The summed E-state index contributed by atoms with van der Waals surface area (Å²) in [5, 5.41) is 21.6. The SMILES string of the molecule is CCCCC(CC)CNC(=O)O.CCCCC(CC)CNC(=O)O.[Zn]. The molecule has 2 unspecified atom stereocenters. The van der Waals surface area contributed by atoms with Crippen LogP contribution in [0.15, 0.2) is 0 Å². The predicted octanol–water partition coefficient (Wildman–Crippen LogP) is 4.94. The predicted molar refractivity (Wildman–Crippen MR) is 98.7 cm³/mol. The molecule has 0 heterocycles. The van der Waals surface area contributed by atoms with Crippen molar-refractivity contribution in [3.05, 3.63) is 0 Å². The van der Waals surface area contributed by atoms with E-state index in [1.54, 1.807) is 0 Å². The van der Waals surface area contributed by atoms with E-state index in [2.05, 4.69) is 38.3 Å². The average molecular weight is 412 g/mol. The number of unbranched alkanes of at least 4 members (excludes halogenated alkanes) is 2. The molecule has 6 nitrogen and oxygen atoms in total. The third-order valence-electron chi connectivity index (χ3n) is 4.17. The van der Waals surface area contributed by atoms with E-state index in [0.29, 0.717) is 24.9 Å². The minimum Gasteiger partial charge on any atom is -0.465 e. The smallest absolute Gasteiger partial charge is 0.404 e. The van der Waals surface area contributed by atoms with E-state index < -0.39 is 12.2 Å². The summed E-state index contributed by atoms with van der Waals surface area (Å²) in [6.45, 7) is 9.71. The van der Waals surface area contributed by atoms with Gasteiger partial charge in [-0.25, -0.2) is 9.59 Å². The molecule has 0 aromatic rings. The zero-order valence-electron chi connectivity index (χ0n) is 16.6. The van der Waals surface area contributed by atoms with E-state index in [1.807, 2.05) is 0 Å². The van der Waals surface area contributed by atoms with Crippen LogP contribution in [0.5, 0.6) is 0 Å². The Hall–Kier alpha value is -0.837. The number of hydrogen-bond acceptors (Lipinski definition) is 2. The first kappa shape index (κ1) is 28.9. The van der Waals surface area contributed by atoms with Crippen LogP contribution < -0.4 is 10.6 Å². The van der Waals surface area contributed by atoms with E-state index in [0.717, 1.165) is 25.7 Å². The fourth-order valence-electron chi connectivity index (χ4n) is 2.35. The quantitative estimate of drug-likeness (QED) is 0.342. The van der Waals surface area contributed by atoms with Crippen LogP contribution in [-0.4, -0.2) is 35.5 Å². The maximum absolute atomic E-state index is 10.2. The van der Waals surface area contributed by atoms with E-state index >= 15 is 0 Å². The van der Waals surface area contributed by atoms with Gasteiger partial charge in [-0.05, 0) is 24.7 Å². The molecule has 2 atom stereocenters. The number of carboxylic acid groups (broad SMARTS) is 2. The summed E-state index contributed by atoms with van der Waals surface area (Å²) in [5.74, 6) is 1.03. The minimum absolute atomic E-state index is 0. The zero-order chi connectivity index (χ0) is 18.8. The van der Waals surface area contributed by atoms with Crippen molar-refractivity contribution in [1.82, 2.24) is 10.6 Å².